The number of nitrogens with zero attached hydrogens (tertiary/aromatic N) is 3. The molecule has 14 amide bonds. The summed E-state index contributed by atoms with van der Waals surface area (Å²) in [6.45, 7) is 4.06. The molecule has 726 valence electrons. The normalized spacial score (nSPS) is 15.2. The number of rotatable bonds is 63. The van der Waals surface area contributed by atoms with Gasteiger partial charge in [-0.25, -0.2) is 14.8 Å². The summed E-state index contributed by atoms with van der Waals surface area (Å²) in [5.74, 6) is -19.6. The van der Waals surface area contributed by atoms with Crippen LogP contribution in [0.2, 0.25) is 0 Å². The van der Waals surface area contributed by atoms with Crippen LogP contribution in [0.3, 0.4) is 0 Å². The fraction of sp³-hybridized carbons (Fsp3) is 0.600. The van der Waals surface area contributed by atoms with E-state index in [1.165, 1.54) is 36.9 Å². The molecule has 51 nitrogen and oxygen atoms in total. The molecular weight excluding hydrogens is 1720 g/mol. The van der Waals surface area contributed by atoms with E-state index in [0.717, 1.165) is 0 Å². The van der Waals surface area contributed by atoms with E-state index < -0.39 is 229 Å². The van der Waals surface area contributed by atoms with Crippen molar-refractivity contribution >= 4 is 118 Å². The second kappa shape index (κ2) is 58.7. The van der Waals surface area contributed by atoms with Crippen LogP contribution in [0.5, 0.6) is 0 Å². The van der Waals surface area contributed by atoms with E-state index in [2.05, 4.69) is 105 Å². The summed E-state index contributed by atoms with van der Waals surface area (Å²) in [5.41, 5.74) is 40.6. The topological polar surface area (TPSA) is 858 Å². The molecule has 1 aliphatic rings. The van der Waals surface area contributed by atoms with Crippen LogP contribution in [0.25, 0.3) is 0 Å². The maximum atomic E-state index is 15.4. The summed E-state index contributed by atoms with van der Waals surface area (Å²) in [6, 6.07) is -12.6. The van der Waals surface area contributed by atoms with Gasteiger partial charge in [-0.1, -0.05) is 44.2 Å². The van der Waals surface area contributed by atoms with Gasteiger partial charge in [-0.2, -0.15) is 0 Å². The molecule has 2 aromatic heterocycles. The number of hydrogen-bond donors (Lipinski definition) is 31. The number of aliphatic carboxylic acids is 3. The maximum Gasteiger partial charge on any atom is 0.326 e. The van der Waals surface area contributed by atoms with Gasteiger partial charge in [0.15, 0.2) is 17.9 Å². The Balaban J connectivity index is 1.67. The monoisotopic (exact) mass is 1850 g/mol. The highest BCUT2D eigenvalue weighted by atomic mass is 16.4. The molecule has 14 atom stereocenters. The minimum absolute atomic E-state index is 0.00199. The molecule has 3 aromatic rings. The minimum Gasteiger partial charge on any atom is -0.481 e. The van der Waals surface area contributed by atoms with Crippen molar-refractivity contribution in [3.63, 3.8) is 0 Å². The van der Waals surface area contributed by atoms with Gasteiger partial charge in [0.05, 0.1) is 49.5 Å². The SMILES string of the molecule is CC(C)[C@H](NC(=O)[C@@H](N)CC(=O)O)C(=O)N[C@@H](C)C(=O)N[C@@H](CCCCN)C(=O)N[C@@H](CCCCN)C(=O)N[C@@H](Cc1ccccc1)C(=O)N1CCC[C@H]1C(=O)N[C@@H](Cc1c[nH]cn1)C(=O)N[C@@H](CCCNC(=N)N)C(=O)N[C@@H](Cc1c[nH]cn1)C(=O)N[C@@H](CCCNC(=N)N)C(=O)N[C@@H](CCCCN)C(=O)N[C@@H](CC(=O)O)C(=O)NCC(=O)N[C@@H](CCCNC(=N)N)C(=O)O. The van der Waals surface area contributed by atoms with E-state index >= 15 is 24.0 Å². The van der Waals surface area contributed by atoms with Crippen molar-refractivity contribution in [3.8, 4) is 0 Å². The number of nitrogens with two attached hydrogens (primary N) is 7. The summed E-state index contributed by atoms with van der Waals surface area (Å²) < 4.78 is 0. The molecule has 0 spiro atoms. The van der Waals surface area contributed by atoms with Crippen molar-refractivity contribution in [1.29, 1.82) is 16.2 Å². The first-order valence-corrected chi connectivity index (χ1v) is 43.2. The number of aromatic amines is 2. The van der Waals surface area contributed by atoms with Crippen LogP contribution < -0.4 is 125 Å². The summed E-state index contributed by atoms with van der Waals surface area (Å²) in [5, 5.41) is 92.3. The molecule has 0 radical (unpaired) electrons. The lowest BCUT2D eigenvalue weighted by Crippen LogP contribution is -2.61. The van der Waals surface area contributed by atoms with Gasteiger partial charge in [0.25, 0.3) is 0 Å². The molecule has 51 heteroatoms. The zero-order chi connectivity index (χ0) is 97.2. The summed E-state index contributed by atoms with van der Waals surface area (Å²) >= 11 is 0. The fourth-order valence-electron chi connectivity index (χ4n) is 13.7. The zero-order valence-corrected chi connectivity index (χ0v) is 73.7. The third kappa shape index (κ3) is 41.5. The zero-order valence-electron chi connectivity index (χ0n) is 73.7. The summed E-state index contributed by atoms with van der Waals surface area (Å²) in [7, 11) is 0. The van der Waals surface area contributed by atoms with E-state index in [0.29, 0.717) is 24.8 Å². The first-order chi connectivity index (χ1) is 62.2. The quantitative estimate of drug-likeness (QED) is 0.0142. The number of hydrogen-bond acceptors (Lipinski definition) is 26. The average Bonchev–Trinajstić information content (AvgIpc) is 1.71. The number of nitrogens with one attached hydrogen (secondary N) is 21. The Morgan fingerprint density at radius 1 is 0.435 bits per heavy atom. The number of guanidine groups is 3. The summed E-state index contributed by atoms with van der Waals surface area (Å²) in [4.78, 5) is 252. The predicted molar refractivity (Wildman–Crippen MR) is 472 cm³/mol. The first kappa shape index (κ1) is 110. The second-order valence-electron chi connectivity index (χ2n) is 31.7. The Hall–Kier alpha value is -13.7. The van der Waals surface area contributed by atoms with Gasteiger partial charge in [0.2, 0.25) is 82.7 Å². The van der Waals surface area contributed by atoms with Crippen LogP contribution in [-0.2, 0) is 101 Å². The predicted octanol–water partition coefficient (Wildman–Crippen LogP) is -8.70. The van der Waals surface area contributed by atoms with E-state index in [-0.39, 0.29) is 166 Å². The minimum atomic E-state index is -1.91. The van der Waals surface area contributed by atoms with E-state index in [4.69, 9.17) is 61.5 Å². The molecule has 38 N–H and O–H groups in total. The number of carboxylic acid groups (broad SMARTS) is 3. The lowest BCUT2D eigenvalue weighted by molar-refractivity contribution is -0.142. The molecule has 0 unspecified atom stereocenters. The second-order valence-corrected chi connectivity index (χ2v) is 31.7. The van der Waals surface area contributed by atoms with Crippen molar-refractivity contribution < 1.29 is 96.8 Å². The number of likely N-dealkylation sites (tertiary alicyclic amines) is 1. The highest BCUT2D eigenvalue weighted by Gasteiger charge is 2.42. The molecule has 1 aromatic carbocycles. The van der Waals surface area contributed by atoms with Gasteiger partial charge in [-0.3, -0.25) is 92.9 Å². The Bertz CT molecular complexity index is 4280. The standard InChI is InChI=1S/C80H131N31O20/c1-43(2)63(110-65(118)48(84)36-61(113)114)75(128)99-44(3)64(117)101-49(19-7-10-26-81)67(120)103-51(21-9-12-28-83)71(124)109-58(33-45-17-5-4-6-18-45)76(129)111-32-16-25-59(111)74(127)108-56(35-47-39-92-42-98-47)73(126)105-53(23-14-30-94-79(87)88)70(123)106-55(34-46-38-91-41-97-46)72(125)104-52(22-13-29-93-78(85)86)68(121)102-50(20-8-11-27-82)69(122)107-57(37-62(115)116)66(119)96-40-60(112)100-54(77(130)131)24-15-31-95-80(89)90/h4-6,17-18,38-39,41-44,48-59,63H,7-16,19-37,40,81-84H2,1-3H3,(H,91,97)(H,92,98)(H,96,119)(H,99,128)(H,100,112)(H,101,117)(H,102,121)(H,103,120)(H,104,125)(H,105,126)(H,106,123)(H,107,122)(H,108,127)(H,109,124)(H,110,118)(H,113,114)(H,115,116)(H,130,131)(H4,85,86,93)(H4,87,88,94)(H4,89,90,95)/t44-,48-,49-,50-,51-,52-,53-,54-,55-,56-,57-,58-,59-,63-/m0/s1. The fourth-order valence-corrected chi connectivity index (χ4v) is 13.7. The number of aromatic nitrogens is 4. The van der Waals surface area contributed by atoms with Crippen molar-refractivity contribution in [2.75, 3.05) is 52.4 Å². The number of carboxylic acids is 3. The van der Waals surface area contributed by atoms with Crippen LogP contribution >= 0.6 is 0 Å². The smallest absolute Gasteiger partial charge is 0.326 e. The Morgan fingerprint density at radius 3 is 1.24 bits per heavy atom. The number of carbonyl (C=O) groups is 17. The number of benzene rings is 1. The van der Waals surface area contributed by atoms with Crippen molar-refractivity contribution in [1.82, 2.24) is 110 Å². The molecule has 131 heavy (non-hydrogen) atoms. The van der Waals surface area contributed by atoms with E-state index in [1.807, 2.05) is 0 Å². The Kier molecular flexibility index (Phi) is 49.1. The van der Waals surface area contributed by atoms with Crippen LogP contribution in [0, 0.1) is 22.1 Å². The number of unbranched alkanes of at least 4 members (excludes halogenated alkanes) is 3. The lowest BCUT2D eigenvalue weighted by atomic mass is 10.0. The molecular formula is C80H131N31O20. The molecule has 1 saturated heterocycles. The highest BCUT2D eigenvalue weighted by Crippen LogP contribution is 2.22. The molecule has 1 aliphatic heterocycles. The first-order valence-electron chi connectivity index (χ1n) is 43.2. The van der Waals surface area contributed by atoms with Crippen molar-refractivity contribution in [2.24, 2.45) is 46.1 Å². The number of imidazole rings is 2. The number of H-pyrrole nitrogens is 2. The third-order valence-corrected chi connectivity index (χ3v) is 20.7. The van der Waals surface area contributed by atoms with Gasteiger partial charge >= 0.3 is 17.9 Å². The van der Waals surface area contributed by atoms with Gasteiger partial charge < -0.3 is 155 Å². The molecule has 1 fully saturated rings. The van der Waals surface area contributed by atoms with Crippen molar-refractivity contribution in [3.05, 3.63) is 72.3 Å². The maximum absolute atomic E-state index is 15.4. The highest BCUT2D eigenvalue weighted by molar-refractivity contribution is 6.01. The number of amides is 14. The molecule has 0 saturated carbocycles. The summed E-state index contributed by atoms with van der Waals surface area (Å²) in [6.07, 6.45) is 3.94. The average molecular weight is 1850 g/mol. The van der Waals surface area contributed by atoms with Gasteiger partial charge in [0, 0.05) is 57.8 Å². The Labute approximate surface area is 755 Å². The van der Waals surface area contributed by atoms with Crippen molar-refractivity contribution in [2.45, 2.75) is 247 Å². The number of carbonyl (C=O) groups excluding carboxylic acids is 14. The van der Waals surface area contributed by atoms with Gasteiger partial charge in [0.1, 0.15) is 78.5 Å². The molecule has 0 bridgehead atoms. The molecule has 0 aliphatic carbocycles. The van der Waals surface area contributed by atoms with Gasteiger partial charge in [-0.05, 0) is 147 Å². The third-order valence-electron chi connectivity index (χ3n) is 20.7. The molecule has 4 rings (SSSR count). The Morgan fingerprint density at radius 2 is 0.832 bits per heavy atom. The van der Waals surface area contributed by atoms with E-state index in [1.54, 1.807) is 44.2 Å². The van der Waals surface area contributed by atoms with Crippen LogP contribution in [0.4, 0.5) is 0 Å². The molecule has 3 heterocycles. The lowest BCUT2D eigenvalue weighted by Gasteiger charge is -2.31. The largest absolute Gasteiger partial charge is 0.481 e. The van der Waals surface area contributed by atoms with Gasteiger partial charge in [-0.15, -0.1) is 0 Å². The van der Waals surface area contributed by atoms with Crippen LogP contribution in [-0.4, -0.2) is 296 Å². The van der Waals surface area contributed by atoms with Crippen LogP contribution in [0.1, 0.15) is 160 Å². The van der Waals surface area contributed by atoms with E-state index in [9.17, 15) is 67.7 Å². The van der Waals surface area contributed by atoms with Crippen LogP contribution in [0.15, 0.2) is 55.4 Å².